The third-order valence-electron chi connectivity index (χ3n) is 5.98. The quantitative estimate of drug-likeness (QED) is 0.194. The van der Waals surface area contributed by atoms with Crippen LogP contribution in [0.5, 0.6) is 0 Å². The first-order valence-electron chi connectivity index (χ1n) is 11.9. The minimum absolute atomic E-state index is 0.169. The molecule has 0 saturated carbocycles. The van der Waals surface area contributed by atoms with Gasteiger partial charge >= 0.3 is 5.97 Å². The lowest BCUT2D eigenvalue weighted by Crippen LogP contribution is -2.38. The molecule has 0 spiro atoms. The minimum atomic E-state index is -2.83. The SMILES string of the molecule is CCOC(=O)C(C(=O)CCc1ccccc1)=P(c1ccccc1)(c1ccccc1)c1ccccc1. The molecule has 0 bridgehead atoms. The Morgan fingerprint density at radius 1 is 0.629 bits per heavy atom. The van der Waals surface area contributed by atoms with Gasteiger partial charge in [-0.3, -0.25) is 4.79 Å². The minimum Gasteiger partial charge on any atom is -0.462 e. The van der Waals surface area contributed by atoms with Gasteiger partial charge < -0.3 is 4.74 Å². The lowest BCUT2D eigenvalue weighted by atomic mass is 10.1. The molecule has 0 radical (unpaired) electrons. The number of aryl methyl sites for hydroxylation is 1. The highest BCUT2D eigenvalue weighted by Crippen LogP contribution is 2.46. The molecule has 0 N–H and O–H groups in total. The molecule has 0 aliphatic carbocycles. The molecule has 0 saturated heterocycles. The second-order valence-corrected chi connectivity index (χ2v) is 11.5. The van der Waals surface area contributed by atoms with Gasteiger partial charge in [-0.05, 0) is 41.7 Å². The van der Waals surface area contributed by atoms with Crippen molar-refractivity contribution in [2.75, 3.05) is 6.61 Å². The van der Waals surface area contributed by atoms with E-state index in [2.05, 4.69) is 0 Å². The first-order valence-corrected chi connectivity index (χ1v) is 13.6. The maximum atomic E-state index is 14.1. The van der Waals surface area contributed by atoms with Crippen LogP contribution in [-0.2, 0) is 20.7 Å². The third kappa shape index (κ3) is 5.21. The summed E-state index contributed by atoms with van der Waals surface area (Å²) < 4.78 is 5.58. The van der Waals surface area contributed by atoms with Crippen LogP contribution >= 0.6 is 6.89 Å². The van der Waals surface area contributed by atoms with E-state index in [4.69, 9.17) is 4.74 Å². The number of benzene rings is 4. The van der Waals surface area contributed by atoms with Crippen molar-refractivity contribution in [1.29, 1.82) is 0 Å². The molecule has 0 fully saturated rings. The fourth-order valence-corrected chi connectivity index (χ4v) is 8.80. The van der Waals surface area contributed by atoms with Crippen LogP contribution in [0.15, 0.2) is 121 Å². The highest BCUT2D eigenvalue weighted by molar-refractivity contribution is 7.97. The molecule has 4 aromatic rings. The van der Waals surface area contributed by atoms with E-state index >= 15 is 0 Å². The molecular weight excluding hydrogens is 451 g/mol. The van der Waals surface area contributed by atoms with Gasteiger partial charge in [0.2, 0.25) is 0 Å². The molecule has 0 heterocycles. The highest BCUT2D eigenvalue weighted by atomic mass is 31.2. The third-order valence-corrected chi connectivity index (χ3v) is 10.3. The van der Waals surface area contributed by atoms with E-state index in [1.165, 1.54) is 0 Å². The van der Waals surface area contributed by atoms with Crippen molar-refractivity contribution in [3.05, 3.63) is 127 Å². The molecule has 0 atom stereocenters. The van der Waals surface area contributed by atoms with Crippen LogP contribution in [0.1, 0.15) is 18.9 Å². The number of esters is 1. The van der Waals surface area contributed by atoms with Gasteiger partial charge in [-0.25, -0.2) is 4.79 Å². The molecular formula is C31H29O3P. The average Bonchev–Trinajstić information content (AvgIpc) is 2.92. The lowest BCUT2D eigenvalue weighted by molar-refractivity contribution is -0.135. The Kier molecular flexibility index (Phi) is 8.13. The van der Waals surface area contributed by atoms with Gasteiger partial charge in [0.15, 0.2) is 5.78 Å². The van der Waals surface area contributed by atoms with Crippen LogP contribution in [0.4, 0.5) is 0 Å². The Bertz CT molecular complexity index is 1210. The van der Waals surface area contributed by atoms with Gasteiger partial charge in [0.05, 0.1) is 6.61 Å². The second-order valence-electron chi connectivity index (χ2n) is 8.16. The number of rotatable bonds is 9. The molecule has 0 aliphatic heterocycles. The van der Waals surface area contributed by atoms with E-state index in [1.807, 2.05) is 121 Å². The standard InChI is InChI=1S/C31H29O3P/c1-2-34-31(33)30(29(32)24-23-25-15-7-3-8-16-25)35(26-17-9-4-10-18-26,27-19-11-5-12-20-27)28-21-13-6-14-22-28/h3-22H,2,23-24H2,1H3. The molecule has 4 heteroatoms. The van der Waals surface area contributed by atoms with E-state index in [-0.39, 0.29) is 24.1 Å². The molecule has 3 nitrogen and oxygen atoms in total. The van der Waals surface area contributed by atoms with Gasteiger partial charge in [0, 0.05) is 6.42 Å². The molecule has 35 heavy (non-hydrogen) atoms. The fourth-order valence-electron chi connectivity index (χ4n) is 4.45. The van der Waals surface area contributed by atoms with Gasteiger partial charge in [0.25, 0.3) is 0 Å². The van der Waals surface area contributed by atoms with Crippen LogP contribution in [0.25, 0.3) is 0 Å². The Labute approximate surface area is 207 Å². The van der Waals surface area contributed by atoms with Gasteiger partial charge in [0.1, 0.15) is 5.29 Å². The Morgan fingerprint density at radius 2 is 1.03 bits per heavy atom. The number of carbonyl (C=O) groups excluding carboxylic acids is 2. The first-order chi connectivity index (χ1) is 17.2. The van der Waals surface area contributed by atoms with E-state index in [0.29, 0.717) is 6.42 Å². The smallest absolute Gasteiger partial charge is 0.342 e. The molecule has 0 aromatic heterocycles. The van der Waals surface area contributed by atoms with Gasteiger partial charge in [-0.1, -0.05) is 121 Å². The number of hydrogen-bond acceptors (Lipinski definition) is 3. The zero-order valence-corrected chi connectivity index (χ0v) is 20.7. The highest BCUT2D eigenvalue weighted by Gasteiger charge is 2.37. The molecule has 0 aliphatic rings. The number of hydrogen-bond donors (Lipinski definition) is 0. The summed E-state index contributed by atoms with van der Waals surface area (Å²) in [5.41, 5.74) is 1.06. The summed E-state index contributed by atoms with van der Waals surface area (Å²) in [5.74, 6) is -0.701. The van der Waals surface area contributed by atoms with Crippen molar-refractivity contribution in [3.8, 4) is 0 Å². The lowest BCUT2D eigenvalue weighted by Gasteiger charge is -2.31. The summed E-state index contributed by atoms with van der Waals surface area (Å²) in [6.45, 7) is -0.858. The maximum Gasteiger partial charge on any atom is 0.342 e. The van der Waals surface area contributed by atoms with Gasteiger partial charge in [-0.2, -0.15) is 0 Å². The Morgan fingerprint density at radius 3 is 1.43 bits per heavy atom. The van der Waals surface area contributed by atoms with Crippen molar-refractivity contribution in [2.24, 2.45) is 0 Å². The predicted molar refractivity (Wildman–Crippen MR) is 147 cm³/mol. The molecule has 0 amide bonds. The second kappa shape index (κ2) is 11.6. The zero-order valence-electron chi connectivity index (χ0n) is 19.8. The van der Waals surface area contributed by atoms with Crippen LogP contribution in [0, 0.1) is 0 Å². The van der Waals surface area contributed by atoms with Crippen LogP contribution < -0.4 is 15.9 Å². The molecule has 0 unspecified atom stereocenters. The van der Waals surface area contributed by atoms with Crippen molar-refractivity contribution >= 4 is 39.8 Å². The summed E-state index contributed by atoms with van der Waals surface area (Å²) in [5, 5.41) is 3.11. The van der Waals surface area contributed by atoms with Crippen LogP contribution in [-0.4, -0.2) is 23.7 Å². The van der Waals surface area contributed by atoms with Crippen molar-refractivity contribution in [2.45, 2.75) is 19.8 Å². The number of Topliss-reactive ketones (excluding diaryl/α,β-unsaturated/α-hetero) is 1. The van der Waals surface area contributed by atoms with E-state index < -0.39 is 12.9 Å². The summed E-state index contributed by atoms with van der Waals surface area (Å²) >= 11 is 0. The number of ketones is 1. The molecule has 176 valence electrons. The van der Waals surface area contributed by atoms with Crippen LogP contribution in [0.2, 0.25) is 0 Å². The Balaban J connectivity index is 2.06. The monoisotopic (exact) mass is 480 g/mol. The maximum absolute atomic E-state index is 14.1. The van der Waals surface area contributed by atoms with Crippen molar-refractivity contribution < 1.29 is 14.3 Å². The average molecular weight is 481 g/mol. The van der Waals surface area contributed by atoms with Crippen molar-refractivity contribution in [3.63, 3.8) is 0 Å². The largest absolute Gasteiger partial charge is 0.462 e. The summed E-state index contributed by atoms with van der Waals surface area (Å²) in [7, 11) is 0. The first kappa shape index (κ1) is 24.4. The molecule has 4 aromatic carbocycles. The summed E-state index contributed by atoms with van der Waals surface area (Å²) in [4.78, 5) is 27.8. The predicted octanol–water partition coefficient (Wildman–Crippen LogP) is 4.92. The number of carbonyl (C=O) groups is 2. The zero-order chi connectivity index (χ0) is 24.5. The van der Waals surface area contributed by atoms with Crippen molar-refractivity contribution in [1.82, 2.24) is 0 Å². The summed E-state index contributed by atoms with van der Waals surface area (Å²) in [6, 6.07) is 39.7. The van der Waals surface area contributed by atoms with Gasteiger partial charge in [-0.15, -0.1) is 0 Å². The number of ether oxygens (including phenoxy) is 1. The van der Waals surface area contributed by atoms with E-state index in [1.54, 1.807) is 6.92 Å². The van der Waals surface area contributed by atoms with E-state index in [9.17, 15) is 9.59 Å². The Hall–Kier alpha value is -3.68. The summed E-state index contributed by atoms with van der Waals surface area (Å²) in [6.07, 6.45) is 0.785. The molecule has 4 rings (SSSR count). The normalized spacial score (nSPS) is 11.0. The van der Waals surface area contributed by atoms with E-state index in [0.717, 1.165) is 21.5 Å². The topological polar surface area (TPSA) is 43.4 Å². The van der Waals surface area contributed by atoms with Crippen LogP contribution in [0.3, 0.4) is 0 Å². The fraction of sp³-hybridized carbons (Fsp3) is 0.129.